The van der Waals surface area contributed by atoms with Gasteiger partial charge in [0.2, 0.25) is 11.8 Å². The zero-order chi connectivity index (χ0) is 27.8. The maximum atomic E-state index is 12.4. The Hall–Kier alpha value is -3.79. The molecule has 10 nitrogen and oxygen atoms in total. The molecule has 0 saturated heterocycles. The fraction of sp³-hybridized carbons (Fsp3) is 0.464. The molecule has 1 atom stereocenters. The van der Waals surface area contributed by atoms with Crippen molar-refractivity contribution in [2.75, 3.05) is 26.0 Å². The lowest BCUT2D eigenvalue weighted by Crippen LogP contribution is -2.39. The molecule has 0 fully saturated rings. The number of nitrogens with zero attached hydrogens (tertiary/aromatic N) is 4. The Kier molecular flexibility index (Phi) is 7.29. The molecule has 0 radical (unpaired) electrons. The normalized spacial score (nSPS) is 16.5. The Morgan fingerprint density at radius 2 is 1.92 bits per heavy atom. The summed E-state index contributed by atoms with van der Waals surface area (Å²) in [6.07, 6.45) is 4.39. The third-order valence-corrected chi connectivity index (χ3v) is 6.91. The smallest absolute Gasteiger partial charge is 0.340 e. The number of nitrogens with two attached hydrogens (primary N) is 1. The number of fused-ring (bicyclic) bond motifs is 2. The van der Waals surface area contributed by atoms with Crippen molar-refractivity contribution < 1.29 is 19.1 Å². The molecule has 3 N–H and O–H groups in total. The van der Waals surface area contributed by atoms with E-state index in [4.69, 9.17) is 20.2 Å². The first-order valence-electron chi connectivity index (χ1n) is 12.7. The van der Waals surface area contributed by atoms with Crippen LogP contribution in [0.15, 0.2) is 30.6 Å². The number of rotatable bonds is 8. The van der Waals surface area contributed by atoms with Crippen molar-refractivity contribution >= 4 is 34.3 Å². The van der Waals surface area contributed by atoms with E-state index >= 15 is 0 Å². The van der Waals surface area contributed by atoms with Crippen molar-refractivity contribution in [3.05, 3.63) is 47.4 Å². The molecule has 1 amide bonds. The van der Waals surface area contributed by atoms with Crippen LogP contribution in [0.25, 0.3) is 10.8 Å². The van der Waals surface area contributed by atoms with Crippen LogP contribution >= 0.6 is 0 Å². The molecule has 4 rings (SSSR count). The third-order valence-electron chi connectivity index (χ3n) is 6.91. The second-order valence-electron chi connectivity index (χ2n) is 11.0. The van der Waals surface area contributed by atoms with E-state index in [-0.39, 0.29) is 17.8 Å². The first-order valence-corrected chi connectivity index (χ1v) is 12.7. The Labute approximate surface area is 222 Å². The molecule has 0 saturated carbocycles. The number of amides is 1. The SMILES string of the molecule is CC1c2nc(Nc3cc4c(C(C)(C)N)cnc(OCCCC(=O)N(C)C)c4cn3)ccc2C(=O)OC1(C)C. The highest BCUT2D eigenvalue weighted by molar-refractivity contribution is 5.93. The van der Waals surface area contributed by atoms with E-state index < -0.39 is 11.1 Å². The summed E-state index contributed by atoms with van der Waals surface area (Å²) in [5, 5.41) is 4.84. The van der Waals surface area contributed by atoms with Crippen molar-refractivity contribution in [2.24, 2.45) is 5.73 Å². The van der Waals surface area contributed by atoms with Gasteiger partial charge in [-0.25, -0.2) is 19.7 Å². The van der Waals surface area contributed by atoms with Crippen LogP contribution in [0.5, 0.6) is 5.88 Å². The molecule has 38 heavy (non-hydrogen) atoms. The molecule has 1 aliphatic heterocycles. The van der Waals surface area contributed by atoms with Gasteiger partial charge in [0.15, 0.2) is 0 Å². The Balaban J connectivity index is 1.63. The summed E-state index contributed by atoms with van der Waals surface area (Å²) in [5.74, 6) is 1.17. The summed E-state index contributed by atoms with van der Waals surface area (Å²) in [6, 6.07) is 5.36. The lowest BCUT2D eigenvalue weighted by atomic mass is 9.84. The fourth-order valence-corrected chi connectivity index (χ4v) is 4.31. The second-order valence-corrected chi connectivity index (χ2v) is 11.0. The number of carbonyl (C=O) groups is 2. The van der Waals surface area contributed by atoms with Crippen molar-refractivity contribution in [3.8, 4) is 5.88 Å². The van der Waals surface area contributed by atoms with E-state index in [1.165, 1.54) is 0 Å². The number of hydrogen-bond acceptors (Lipinski definition) is 9. The number of ether oxygens (including phenoxy) is 2. The molecule has 0 spiro atoms. The fourth-order valence-electron chi connectivity index (χ4n) is 4.31. The van der Waals surface area contributed by atoms with Crippen molar-refractivity contribution in [1.29, 1.82) is 0 Å². The summed E-state index contributed by atoms with van der Waals surface area (Å²) in [5.41, 5.74) is 7.16. The van der Waals surface area contributed by atoms with Gasteiger partial charge in [-0.2, -0.15) is 0 Å². The first kappa shape index (κ1) is 27.3. The van der Waals surface area contributed by atoms with E-state index in [0.717, 1.165) is 16.3 Å². The van der Waals surface area contributed by atoms with E-state index in [1.54, 1.807) is 43.5 Å². The van der Waals surface area contributed by atoms with Crippen molar-refractivity contribution in [2.45, 2.75) is 64.5 Å². The third kappa shape index (κ3) is 5.55. The van der Waals surface area contributed by atoms with Crippen LogP contribution in [0, 0.1) is 0 Å². The standard InChI is InChI=1S/C28H36N6O4/c1-16-24-17(26(36)38-28(16,4)5)10-11-21(33-24)32-22-13-18-19(14-30-22)25(31-15-20(18)27(2,3)29)37-12-8-9-23(35)34(6)7/h10-11,13-16H,8-9,12,29H2,1-7H3,(H,30,32,33). The number of carbonyl (C=O) groups excluding carboxylic acids is 2. The average molecular weight is 521 g/mol. The molecular weight excluding hydrogens is 484 g/mol. The monoisotopic (exact) mass is 520 g/mol. The van der Waals surface area contributed by atoms with Crippen LogP contribution in [-0.4, -0.2) is 58.0 Å². The number of pyridine rings is 3. The molecular formula is C28H36N6O4. The van der Waals surface area contributed by atoms with Gasteiger partial charge in [0, 0.05) is 44.4 Å². The van der Waals surface area contributed by atoms with Crippen LogP contribution in [0.3, 0.4) is 0 Å². The number of anilines is 2. The molecule has 0 aromatic carbocycles. The molecule has 10 heteroatoms. The first-order chi connectivity index (χ1) is 17.8. The molecule has 202 valence electrons. The number of cyclic esters (lactones) is 1. The maximum Gasteiger partial charge on any atom is 0.340 e. The Morgan fingerprint density at radius 3 is 2.61 bits per heavy atom. The summed E-state index contributed by atoms with van der Waals surface area (Å²) in [4.78, 5) is 39.7. The van der Waals surface area contributed by atoms with E-state index in [9.17, 15) is 9.59 Å². The van der Waals surface area contributed by atoms with Gasteiger partial charge in [-0.15, -0.1) is 0 Å². The van der Waals surface area contributed by atoms with Gasteiger partial charge >= 0.3 is 5.97 Å². The molecule has 4 heterocycles. The Bertz CT molecular complexity index is 1380. The van der Waals surface area contributed by atoms with E-state index in [1.807, 2.05) is 40.7 Å². The zero-order valence-electron chi connectivity index (χ0n) is 23.1. The topological polar surface area (TPSA) is 133 Å². The number of nitrogens with one attached hydrogen (secondary N) is 1. The highest BCUT2D eigenvalue weighted by Gasteiger charge is 2.40. The van der Waals surface area contributed by atoms with Crippen LogP contribution < -0.4 is 15.8 Å². The minimum Gasteiger partial charge on any atom is -0.477 e. The lowest BCUT2D eigenvalue weighted by Gasteiger charge is -2.36. The highest BCUT2D eigenvalue weighted by atomic mass is 16.6. The highest BCUT2D eigenvalue weighted by Crippen LogP contribution is 2.38. The molecule has 0 bridgehead atoms. The molecule has 0 aliphatic carbocycles. The van der Waals surface area contributed by atoms with Crippen molar-refractivity contribution in [1.82, 2.24) is 19.9 Å². The predicted molar refractivity (Wildman–Crippen MR) is 146 cm³/mol. The largest absolute Gasteiger partial charge is 0.477 e. The van der Waals surface area contributed by atoms with E-state index in [0.29, 0.717) is 48.2 Å². The van der Waals surface area contributed by atoms with Crippen LogP contribution in [0.2, 0.25) is 0 Å². The zero-order valence-corrected chi connectivity index (χ0v) is 23.1. The minimum absolute atomic E-state index is 0.0506. The van der Waals surface area contributed by atoms with Crippen LogP contribution in [0.4, 0.5) is 11.6 Å². The average Bonchev–Trinajstić information content (AvgIpc) is 2.83. The predicted octanol–water partition coefficient (Wildman–Crippen LogP) is 4.26. The van der Waals surface area contributed by atoms with Gasteiger partial charge in [0.1, 0.15) is 17.2 Å². The quantitative estimate of drug-likeness (QED) is 0.330. The van der Waals surface area contributed by atoms with Crippen LogP contribution in [0.1, 0.15) is 75.0 Å². The lowest BCUT2D eigenvalue weighted by molar-refractivity contribution is -0.128. The van der Waals surface area contributed by atoms with Crippen LogP contribution in [-0.2, 0) is 15.1 Å². The molecule has 3 aromatic rings. The molecule has 3 aromatic heterocycles. The van der Waals surface area contributed by atoms with Gasteiger partial charge in [-0.05, 0) is 63.3 Å². The van der Waals surface area contributed by atoms with E-state index in [2.05, 4.69) is 15.3 Å². The summed E-state index contributed by atoms with van der Waals surface area (Å²) >= 11 is 0. The Morgan fingerprint density at radius 1 is 1.18 bits per heavy atom. The summed E-state index contributed by atoms with van der Waals surface area (Å²) < 4.78 is 11.5. The number of aromatic nitrogens is 3. The number of esters is 1. The molecule has 1 unspecified atom stereocenters. The molecule has 1 aliphatic rings. The maximum absolute atomic E-state index is 12.4. The van der Waals surface area contributed by atoms with Gasteiger partial charge in [0.05, 0.1) is 23.3 Å². The van der Waals surface area contributed by atoms with Gasteiger partial charge in [-0.1, -0.05) is 6.92 Å². The van der Waals surface area contributed by atoms with Gasteiger partial charge in [0.25, 0.3) is 0 Å². The number of hydrogen-bond donors (Lipinski definition) is 2. The summed E-state index contributed by atoms with van der Waals surface area (Å²) in [7, 11) is 3.47. The summed E-state index contributed by atoms with van der Waals surface area (Å²) in [6.45, 7) is 9.94. The van der Waals surface area contributed by atoms with Crippen molar-refractivity contribution in [3.63, 3.8) is 0 Å². The second kappa shape index (κ2) is 10.2. The van der Waals surface area contributed by atoms with Gasteiger partial charge in [-0.3, -0.25) is 4.79 Å². The van der Waals surface area contributed by atoms with Gasteiger partial charge < -0.3 is 25.4 Å². The minimum atomic E-state index is -0.661.